The van der Waals surface area contributed by atoms with Gasteiger partial charge >= 0.3 is 0 Å². The largest absolute Gasteiger partial charge is 0.303 e. The van der Waals surface area contributed by atoms with Crippen LogP contribution in [0.25, 0.3) is 0 Å². The van der Waals surface area contributed by atoms with E-state index in [1.807, 2.05) is 23.6 Å². The van der Waals surface area contributed by atoms with Gasteiger partial charge in [0.05, 0.1) is 0 Å². The van der Waals surface area contributed by atoms with Crippen molar-refractivity contribution in [3.8, 4) is 0 Å². The third-order valence-corrected chi connectivity index (χ3v) is 4.71. The number of aromatic nitrogens is 1. The molecule has 0 radical (unpaired) electrons. The number of likely N-dealkylation sites (tertiary alicyclic amines) is 1. The monoisotopic (exact) mass is 272 g/mol. The predicted octanol–water partition coefficient (Wildman–Crippen LogP) is 3.57. The van der Waals surface area contributed by atoms with Crippen molar-refractivity contribution < 1.29 is 0 Å². The minimum absolute atomic E-state index is 0.789. The van der Waals surface area contributed by atoms with Crippen molar-refractivity contribution in [1.29, 1.82) is 0 Å². The summed E-state index contributed by atoms with van der Waals surface area (Å²) in [4.78, 5) is 6.97. The first kappa shape index (κ1) is 12.8. The molecule has 19 heavy (non-hydrogen) atoms. The fourth-order valence-corrected chi connectivity index (χ4v) is 3.56. The van der Waals surface area contributed by atoms with E-state index in [0.29, 0.717) is 0 Å². The normalized spacial score (nSPS) is 17.7. The van der Waals surface area contributed by atoms with Gasteiger partial charge in [0.2, 0.25) is 0 Å². The molecule has 0 N–H and O–H groups in total. The Morgan fingerprint density at radius 3 is 2.79 bits per heavy atom. The molecule has 1 saturated heterocycles. The molecule has 1 fully saturated rings. The molecule has 0 saturated carbocycles. The maximum absolute atomic E-state index is 4.39. The summed E-state index contributed by atoms with van der Waals surface area (Å²) in [5.74, 6) is 0.789. The van der Waals surface area contributed by atoms with Gasteiger partial charge in [0.1, 0.15) is 0 Å². The molecule has 2 aromatic heterocycles. The van der Waals surface area contributed by atoms with E-state index in [2.05, 4.69) is 38.8 Å². The smallest absolute Gasteiger partial charge is 0.0416 e. The second-order valence-electron chi connectivity index (χ2n) is 5.24. The molecule has 0 aromatic carbocycles. The number of pyridine rings is 1. The Balaban J connectivity index is 1.46. The lowest BCUT2D eigenvalue weighted by molar-refractivity contribution is 0.214. The molecule has 0 spiro atoms. The van der Waals surface area contributed by atoms with E-state index in [1.165, 1.54) is 31.6 Å². The summed E-state index contributed by atoms with van der Waals surface area (Å²) in [5, 5.41) is 4.51. The van der Waals surface area contributed by atoms with Gasteiger partial charge in [0, 0.05) is 24.9 Å². The first-order chi connectivity index (χ1) is 9.42. The van der Waals surface area contributed by atoms with Gasteiger partial charge in [-0.2, -0.15) is 11.3 Å². The van der Waals surface area contributed by atoms with Crippen LogP contribution in [-0.4, -0.2) is 29.5 Å². The van der Waals surface area contributed by atoms with Crippen LogP contribution in [0.1, 0.15) is 30.0 Å². The van der Waals surface area contributed by atoms with Crippen LogP contribution >= 0.6 is 11.3 Å². The maximum atomic E-state index is 4.39. The van der Waals surface area contributed by atoms with Crippen molar-refractivity contribution in [3.63, 3.8) is 0 Å². The van der Waals surface area contributed by atoms with Crippen LogP contribution in [0.5, 0.6) is 0 Å². The third kappa shape index (κ3) is 3.43. The van der Waals surface area contributed by atoms with Gasteiger partial charge < -0.3 is 4.90 Å². The molecule has 0 amide bonds. The first-order valence-corrected chi connectivity index (χ1v) is 8.00. The van der Waals surface area contributed by atoms with Crippen molar-refractivity contribution in [2.45, 2.75) is 25.2 Å². The van der Waals surface area contributed by atoms with Crippen molar-refractivity contribution in [2.24, 2.45) is 0 Å². The molecule has 0 bridgehead atoms. The zero-order valence-corrected chi connectivity index (χ0v) is 12.0. The van der Waals surface area contributed by atoms with Crippen molar-refractivity contribution in [2.75, 3.05) is 19.6 Å². The van der Waals surface area contributed by atoms with Crippen LogP contribution in [0.3, 0.4) is 0 Å². The fourth-order valence-electron chi connectivity index (χ4n) is 2.82. The van der Waals surface area contributed by atoms with Gasteiger partial charge in [-0.3, -0.25) is 4.98 Å². The standard InChI is InChI=1S/C16H20N2S/c1-2-8-17-16(3-1)6-11-18-9-4-14(5-10-18)15-7-12-19-13-15/h1-3,7-8,12-14H,4-6,9-11H2. The van der Waals surface area contributed by atoms with Crippen LogP contribution in [0, 0.1) is 0 Å². The van der Waals surface area contributed by atoms with Crippen molar-refractivity contribution >= 4 is 11.3 Å². The number of nitrogens with zero attached hydrogens (tertiary/aromatic N) is 2. The zero-order valence-electron chi connectivity index (χ0n) is 11.2. The summed E-state index contributed by atoms with van der Waals surface area (Å²) in [6.45, 7) is 3.61. The van der Waals surface area contributed by atoms with Gasteiger partial charge in [0.15, 0.2) is 0 Å². The molecular formula is C16H20N2S. The molecule has 1 aliphatic rings. The molecule has 2 nitrogen and oxygen atoms in total. The van der Waals surface area contributed by atoms with Gasteiger partial charge in [-0.1, -0.05) is 6.07 Å². The summed E-state index contributed by atoms with van der Waals surface area (Å²) in [6.07, 6.45) is 5.57. The van der Waals surface area contributed by atoms with E-state index in [4.69, 9.17) is 0 Å². The lowest BCUT2D eigenvalue weighted by Gasteiger charge is -2.31. The Morgan fingerprint density at radius 1 is 1.21 bits per heavy atom. The fraction of sp³-hybridized carbons (Fsp3) is 0.438. The number of piperidine rings is 1. The molecular weight excluding hydrogens is 252 g/mol. The number of rotatable bonds is 4. The summed E-state index contributed by atoms with van der Waals surface area (Å²) in [6, 6.07) is 8.47. The van der Waals surface area contributed by atoms with Crippen LogP contribution < -0.4 is 0 Å². The van der Waals surface area contributed by atoms with E-state index in [1.54, 1.807) is 5.56 Å². The lowest BCUT2D eigenvalue weighted by atomic mass is 9.91. The van der Waals surface area contributed by atoms with E-state index >= 15 is 0 Å². The Bertz CT molecular complexity index is 473. The molecule has 3 heteroatoms. The highest BCUT2D eigenvalue weighted by atomic mass is 32.1. The Hall–Kier alpha value is -1.19. The molecule has 1 aliphatic heterocycles. The van der Waals surface area contributed by atoms with Crippen molar-refractivity contribution in [3.05, 3.63) is 52.5 Å². The minimum atomic E-state index is 0.789. The number of hydrogen-bond donors (Lipinski definition) is 0. The van der Waals surface area contributed by atoms with Crippen LogP contribution in [0.2, 0.25) is 0 Å². The van der Waals surface area contributed by atoms with E-state index in [0.717, 1.165) is 18.9 Å². The molecule has 0 aliphatic carbocycles. The summed E-state index contributed by atoms with van der Waals surface area (Å²) in [5.41, 5.74) is 2.76. The summed E-state index contributed by atoms with van der Waals surface area (Å²) < 4.78 is 0. The molecule has 3 heterocycles. The SMILES string of the molecule is c1ccc(CCN2CCC(c3ccsc3)CC2)nc1. The quantitative estimate of drug-likeness (QED) is 0.846. The zero-order chi connectivity index (χ0) is 12.9. The molecule has 0 unspecified atom stereocenters. The second-order valence-corrected chi connectivity index (χ2v) is 6.02. The average molecular weight is 272 g/mol. The third-order valence-electron chi connectivity index (χ3n) is 4.01. The maximum Gasteiger partial charge on any atom is 0.0416 e. The highest BCUT2D eigenvalue weighted by molar-refractivity contribution is 7.07. The topological polar surface area (TPSA) is 16.1 Å². The summed E-state index contributed by atoms with van der Waals surface area (Å²) >= 11 is 1.82. The van der Waals surface area contributed by atoms with Gasteiger partial charge in [-0.15, -0.1) is 0 Å². The highest BCUT2D eigenvalue weighted by Gasteiger charge is 2.20. The van der Waals surface area contributed by atoms with Crippen molar-refractivity contribution in [1.82, 2.24) is 9.88 Å². The van der Waals surface area contributed by atoms with Crippen LogP contribution in [0.15, 0.2) is 41.2 Å². The second kappa shape index (κ2) is 6.31. The van der Waals surface area contributed by atoms with Crippen LogP contribution in [0.4, 0.5) is 0 Å². The highest BCUT2D eigenvalue weighted by Crippen LogP contribution is 2.29. The molecule has 0 atom stereocenters. The molecule has 100 valence electrons. The number of thiophene rings is 1. The minimum Gasteiger partial charge on any atom is -0.303 e. The van der Waals surface area contributed by atoms with Gasteiger partial charge in [-0.25, -0.2) is 0 Å². The van der Waals surface area contributed by atoms with Crippen LogP contribution in [-0.2, 0) is 6.42 Å². The van der Waals surface area contributed by atoms with Gasteiger partial charge in [0.25, 0.3) is 0 Å². The summed E-state index contributed by atoms with van der Waals surface area (Å²) in [7, 11) is 0. The molecule has 2 aromatic rings. The Morgan fingerprint density at radius 2 is 2.11 bits per heavy atom. The number of hydrogen-bond acceptors (Lipinski definition) is 3. The predicted molar refractivity (Wildman–Crippen MR) is 80.7 cm³/mol. The first-order valence-electron chi connectivity index (χ1n) is 7.06. The van der Waals surface area contributed by atoms with E-state index in [-0.39, 0.29) is 0 Å². The Labute approximate surface area is 119 Å². The lowest BCUT2D eigenvalue weighted by Crippen LogP contribution is -2.34. The van der Waals surface area contributed by atoms with Gasteiger partial charge in [-0.05, 0) is 66.4 Å². The van der Waals surface area contributed by atoms with E-state index in [9.17, 15) is 0 Å². The Kier molecular flexibility index (Phi) is 4.26. The van der Waals surface area contributed by atoms with E-state index < -0.39 is 0 Å². The average Bonchev–Trinajstić information content (AvgIpc) is 3.01. The molecule has 3 rings (SSSR count).